The molecule has 104 valence electrons. The van der Waals surface area contributed by atoms with Crippen LogP contribution in [0.2, 0.25) is 0 Å². The zero-order valence-corrected chi connectivity index (χ0v) is 13.1. The van der Waals surface area contributed by atoms with Crippen molar-refractivity contribution in [1.29, 1.82) is 0 Å². The Kier molecular flexibility index (Phi) is 6.70. The molecule has 1 atom stereocenters. The molecule has 0 aromatic rings. The Balaban J connectivity index is 2.80. The van der Waals surface area contributed by atoms with E-state index in [0.717, 1.165) is 0 Å². The average molecular weight is 249 g/mol. The fraction of sp³-hybridized carbons (Fsp3) is 0.765. The Morgan fingerprint density at radius 1 is 1.11 bits per heavy atom. The van der Waals surface area contributed by atoms with E-state index < -0.39 is 0 Å². The molecule has 0 heterocycles. The van der Waals surface area contributed by atoms with Crippen LogP contribution in [0, 0.1) is 0 Å². The average Bonchev–Trinajstić information content (AvgIpc) is 2.75. The topological polar surface area (TPSA) is 3.24 Å². The fourth-order valence-corrected chi connectivity index (χ4v) is 2.70. The van der Waals surface area contributed by atoms with Crippen LogP contribution >= 0.6 is 0 Å². The second-order valence-electron chi connectivity index (χ2n) is 5.79. The standard InChI is InChI=1S/C17H31N/c1-6-8-10-15-12-13-16(14(3)18(4)5)17(15)11-9-7-2/h13-14H,6-12H2,1-5H3. The van der Waals surface area contributed by atoms with Gasteiger partial charge in [-0.05, 0) is 64.3 Å². The van der Waals surface area contributed by atoms with Crippen LogP contribution in [0.15, 0.2) is 22.8 Å². The van der Waals surface area contributed by atoms with Crippen molar-refractivity contribution < 1.29 is 0 Å². The first-order valence-electron chi connectivity index (χ1n) is 7.69. The van der Waals surface area contributed by atoms with Gasteiger partial charge in [0.15, 0.2) is 0 Å². The highest BCUT2D eigenvalue weighted by Crippen LogP contribution is 2.35. The molecule has 18 heavy (non-hydrogen) atoms. The minimum Gasteiger partial charge on any atom is -0.303 e. The lowest BCUT2D eigenvalue weighted by Crippen LogP contribution is -2.27. The van der Waals surface area contributed by atoms with E-state index in [1.165, 1.54) is 44.9 Å². The van der Waals surface area contributed by atoms with Crippen LogP contribution in [0.4, 0.5) is 0 Å². The summed E-state index contributed by atoms with van der Waals surface area (Å²) in [7, 11) is 4.37. The maximum Gasteiger partial charge on any atom is 0.0313 e. The Hall–Kier alpha value is -0.560. The fourth-order valence-electron chi connectivity index (χ4n) is 2.70. The van der Waals surface area contributed by atoms with Crippen molar-refractivity contribution in [2.24, 2.45) is 0 Å². The van der Waals surface area contributed by atoms with E-state index in [1.54, 1.807) is 16.7 Å². The first-order chi connectivity index (χ1) is 8.61. The summed E-state index contributed by atoms with van der Waals surface area (Å²) in [4.78, 5) is 2.33. The highest BCUT2D eigenvalue weighted by atomic mass is 15.1. The molecule has 0 aromatic heterocycles. The number of unbranched alkanes of at least 4 members (excludes halogenated alkanes) is 2. The van der Waals surface area contributed by atoms with Gasteiger partial charge >= 0.3 is 0 Å². The van der Waals surface area contributed by atoms with Crippen LogP contribution < -0.4 is 0 Å². The first-order valence-corrected chi connectivity index (χ1v) is 7.69. The maximum atomic E-state index is 2.49. The van der Waals surface area contributed by atoms with Gasteiger partial charge in [-0.1, -0.05) is 38.3 Å². The summed E-state index contributed by atoms with van der Waals surface area (Å²) < 4.78 is 0. The first kappa shape index (κ1) is 15.5. The molecule has 0 spiro atoms. The number of allylic oxidation sites excluding steroid dienone is 2. The van der Waals surface area contributed by atoms with Crippen molar-refractivity contribution in [3.8, 4) is 0 Å². The smallest absolute Gasteiger partial charge is 0.0313 e. The summed E-state index contributed by atoms with van der Waals surface area (Å²) >= 11 is 0. The molecule has 1 rings (SSSR count). The van der Waals surface area contributed by atoms with Gasteiger partial charge in [-0.25, -0.2) is 0 Å². The molecule has 0 aromatic carbocycles. The summed E-state index contributed by atoms with van der Waals surface area (Å²) in [6.45, 7) is 6.92. The van der Waals surface area contributed by atoms with E-state index in [-0.39, 0.29) is 0 Å². The van der Waals surface area contributed by atoms with Gasteiger partial charge in [0.1, 0.15) is 0 Å². The number of hydrogen-bond donors (Lipinski definition) is 0. The van der Waals surface area contributed by atoms with Gasteiger partial charge in [-0.3, -0.25) is 0 Å². The summed E-state index contributed by atoms with van der Waals surface area (Å²) in [6.07, 6.45) is 11.6. The Labute approximate surface area is 114 Å². The number of rotatable bonds is 8. The Morgan fingerprint density at radius 3 is 2.28 bits per heavy atom. The molecule has 1 nitrogen and oxygen atoms in total. The van der Waals surface area contributed by atoms with E-state index in [1.807, 2.05) is 0 Å². The van der Waals surface area contributed by atoms with Crippen molar-refractivity contribution >= 4 is 0 Å². The Bertz CT molecular complexity index is 310. The van der Waals surface area contributed by atoms with Crippen LogP contribution in [-0.4, -0.2) is 25.0 Å². The molecular formula is C17H31N. The SMILES string of the molecule is CCCCC1=C(CCCC)C(C(C)N(C)C)=CC1. The van der Waals surface area contributed by atoms with Gasteiger partial charge in [0.25, 0.3) is 0 Å². The van der Waals surface area contributed by atoms with E-state index in [9.17, 15) is 0 Å². The molecule has 0 radical (unpaired) electrons. The maximum absolute atomic E-state index is 2.49. The van der Waals surface area contributed by atoms with Gasteiger partial charge in [0.2, 0.25) is 0 Å². The third kappa shape index (κ3) is 3.98. The van der Waals surface area contributed by atoms with Crippen molar-refractivity contribution in [3.05, 3.63) is 22.8 Å². The van der Waals surface area contributed by atoms with Crippen molar-refractivity contribution in [1.82, 2.24) is 4.90 Å². The number of nitrogens with zero attached hydrogens (tertiary/aromatic N) is 1. The van der Waals surface area contributed by atoms with Crippen molar-refractivity contribution in [2.45, 2.75) is 71.8 Å². The molecule has 1 aliphatic rings. The predicted octanol–water partition coefficient (Wildman–Crippen LogP) is 4.94. The lowest BCUT2D eigenvalue weighted by atomic mass is 9.93. The molecule has 0 N–H and O–H groups in total. The molecule has 0 saturated carbocycles. The highest BCUT2D eigenvalue weighted by Gasteiger charge is 2.22. The normalized spacial score (nSPS) is 17.6. The zero-order valence-electron chi connectivity index (χ0n) is 13.1. The quantitative estimate of drug-likeness (QED) is 0.588. The zero-order chi connectivity index (χ0) is 13.5. The third-order valence-corrected chi connectivity index (χ3v) is 4.18. The predicted molar refractivity (Wildman–Crippen MR) is 81.9 cm³/mol. The van der Waals surface area contributed by atoms with Gasteiger partial charge in [0, 0.05) is 6.04 Å². The molecule has 0 saturated heterocycles. The van der Waals surface area contributed by atoms with Crippen molar-refractivity contribution in [3.63, 3.8) is 0 Å². The van der Waals surface area contributed by atoms with E-state index >= 15 is 0 Å². The molecule has 0 aliphatic heterocycles. The minimum atomic E-state index is 0.566. The van der Waals surface area contributed by atoms with Crippen LogP contribution in [0.5, 0.6) is 0 Å². The molecular weight excluding hydrogens is 218 g/mol. The molecule has 0 amide bonds. The van der Waals surface area contributed by atoms with Crippen LogP contribution in [0.1, 0.15) is 65.7 Å². The molecule has 1 heteroatoms. The summed E-state index contributed by atoms with van der Waals surface area (Å²) in [5.41, 5.74) is 5.04. The van der Waals surface area contributed by atoms with Gasteiger partial charge in [0.05, 0.1) is 0 Å². The van der Waals surface area contributed by atoms with Crippen LogP contribution in [0.25, 0.3) is 0 Å². The monoisotopic (exact) mass is 249 g/mol. The van der Waals surface area contributed by atoms with Crippen molar-refractivity contribution in [2.75, 3.05) is 14.1 Å². The van der Waals surface area contributed by atoms with Crippen LogP contribution in [-0.2, 0) is 0 Å². The van der Waals surface area contributed by atoms with Gasteiger partial charge < -0.3 is 4.90 Å². The second-order valence-corrected chi connectivity index (χ2v) is 5.79. The van der Waals surface area contributed by atoms with Gasteiger partial charge in [-0.15, -0.1) is 0 Å². The summed E-state index contributed by atoms with van der Waals surface area (Å²) in [6, 6.07) is 0.566. The Morgan fingerprint density at radius 2 is 1.72 bits per heavy atom. The summed E-state index contributed by atoms with van der Waals surface area (Å²) in [5, 5.41) is 0. The third-order valence-electron chi connectivity index (χ3n) is 4.18. The summed E-state index contributed by atoms with van der Waals surface area (Å²) in [5.74, 6) is 0. The molecule has 0 bridgehead atoms. The molecule has 1 aliphatic carbocycles. The lowest BCUT2D eigenvalue weighted by molar-refractivity contribution is 0.352. The van der Waals surface area contributed by atoms with Crippen LogP contribution in [0.3, 0.4) is 0 Å². The van der Waals surface area contributed by atoms with E-state index in [2.05, 4.69) is 45.8 Å². The minimum absolute atomic E-state index is 0.566. The molecule has 1 unspecified atom stereocenters. The lowest BCUT2D eigenvalue weighted by Gasteiger charge is -2.24. The van der Waals surface area contributed by atoms with Gasteiger partial charge in [-0.2, -0.15) is 0 Å². The van der Waals surface area contributed by atoms with E-state index in [0.29, 0.717) is 6.04 Å². The largest absolute Gasteiger partial charge is 0.303 e. The van der Waals surface area contributed by atoms with E-state index in [4.69, 9.17) is 0 Å². The number of likely N-dealkylation sites (N-methyl/N-ethyl adjacent to an activating group) is 1. The highest BCUT2D eigenvalue weighted by molar-refractivity contribution is 5.45. The number of hydrogen-bond acceptors (Lipinski definition) is 1. The molecule has 0 fully saturated rings. The second kappa shape index (κ2) is 7.78.